The Labute approximate surface area is 156 Å². The molecule has 2 aromatic heterocycles. The highest BCUT2D eigenvalue weighted by atomic mass is 32.1. The van der Waals surface area contributed by atoms with E-state index in [4.69, 9.17) is 9.47 Å². The van der Waals surface area contributed by atoms with Gasteiger partial charge in [-0.2, -0.15) is 0 Å². The van der Waals surface area contributed by atoms with E-state index in [1.54, 1.807) is 23.6 Å². The Morgan fingerprint density at radius 1 is 1.12 bits per heavy atom. The fourth-order valence-corrected chi connectivity index (χ4v) is 3.70. The number of nitro groups is 1. The number of ether oxygens (including phenoxy) is 2. The second kappa shape index (κ2) is 7.50. The Kier molecular flexibility index (Phi) is 5.14. The molecule has 3 aromatic rings. The zero-order valence-electron chi connectivity index (χ0n) is 13.7. The van der Waals surface area contributed by atoms with E-state index in [1.165, 1.54) is 48.3 Å². The van der Waals surface area contributed by atoms with Gasteiger partial charge in [-0.25, -0.2) is 4.98 Å². The number of hydrogen-bond acceptors (Lipinski definition) is 8. The Morgan fingerprint density at radius 2 is 1.81 bits per heavy atom. The van der Waals surface area contributed by atoms with E-state index in [0.29, 0.717) is 32.8 Å². The van der Waals surface area contributed by atoms with Gasteiger partial charge >= 0.3 is 0 Å². The second-order valence-electron chi connectivity index (χ2n) is 5.02. The van der Waals surface area contributed by atoms with Gasteiger partial charge in [0.25, 0.3) is 11.6 Å². The van der Waals surface area contributed by atoms with Gasteiger partial charge in [0.2, 0.25) is 0 Å². The van der Waals surface area contributed by atoms with Gasteiger partial charge in [0.05, 0.1) is 35.1 Å². The van der Waals surface area contributed by atoms with Crippen molar-refractivity contribution in [1.29, 1.82) is 0 Å². The number of benzene rings is 1. The zero-order valence-corrected chi connectivity index (χ0v) is 15.3. The number of nitrogens with one attached hydrogen (secondary N) is 1. The second-order valence-corrected chi connectivity index (χ2v) is 6.79. The maximum absolute atomic E-state index is 12.4. The number of methoxy groups -OCH3 is 2. The van der Waals surface area contributed by atoms with Crippen LogP contribution in [0, 0.1) is 10.1 Å². The maximum atomic E-state index is 12.4. The Balaban J connectivity index is 1.78. The van der Waals surface area contributed by atoms with Crippen molar-refractivity contribution in [2.24, 2.45) is 0 Å². The van der Waals surface area contributed by atoms with Crippen LogP contribution in [0.15, 0.2) is 35.0 Å². The van der Waals surface area contributed by atoms with Gasteiger partial charge in [-0.15, -0.1) is 22.7 Å². The third kappa shape index (κ3) is 3.81. The van der Waals surface area contributed by atoms with E-state index < -0.39 is 4.92 Å². The van der Waals surface area contributed by atoms with Crippen molar-refractivity contribution in [3.05, 3.63) is 50.7 Å². The number of rotatable bonds is 6. The third-order valence-electron chi connectivity index (χ3n) is 3.39. The number of thiophene rings is 1. The van der Waals surface area contributed by atoms with Crippen LogP contribution in [0.5, 0.6) is 11.5 Å². The van der Waals surface area contributed by atoms with Crippen LogP contribution < -0.4 is 14.8 Å². The lowest BCUT2D eigenvalue weighted by Gasteiger charge is -2.08. The summed E-state index contributed by atoms with van der Waals surface area (Å²) in [4.78, 5) is 27.7. The number of nitrogens with zero attached hydrogens (tertiary/aromatic N) is 2. The molecule has 26 heavy (non-hydrogen) atoms. The Morgan fingerprint density at radius 3 is 2.38 bits per heavy atom. The van der Waals surface area contributed by atoms with Gasteiger partial charge in [0.1, 0.15) is 11.5 Å². The summed E-state index contributed by atoms with van der Waals surface area (Å²) in [6.07, 6.45) is 0. The molecule has 0 aliphatic rings. The first-order valence-electron chi connectivity index (χ1n) is 7.23. The molecule has 0 saturated heterocycles. The molecule has 2 heterocycles. The van der Waals surface area contributed by atoms with E-state index in [0.717, 1.165) is 0 Å². The number of carbonyl (C=O) groups is 1. The average molecular weight is 391 g/mol. The van der Waals surface area contributed by atoms with Gasteiger partial charge in [-0.05, 0) is 12.1 Å². The molecule has 0 aliphatic carbocycles. The van der Waals surface area contributed by atoms with Crippen molar-refractivity contribution in [3.8, 4) is 22.1 Å². The summed E-state index contributed by atoms with van der Waals surface area (Å²) in [6, 6.07) is 6.31. The van der Waals surface area contributed by atoms with E-state index in [2.05, 4.69) is 10.3 Å². The van der Waals surface area contributed by atoms with E-state index in [-0.39, 0.29) is 11.6 Å². The monoisotopic (exact) mass is 391 g/mol. The molecule has 8 nitrogen and oxygen atoms in total. The fraction of sp³-hybridized carbons (Fsp3) is 0.125. The molecule has 0 unspecified atom stereocenters. The predicted molar refractivity (Wildman–Crippen MR) is 99.6 cm³/mol. The lowest BCUT2D eigenvalue weighted by atomic mass is 10.2. The molecule has 3 rings (SSSR count). The molecule has 1 aromatic carbocycles. The topological polar surface area (TPSA) is 104 Å². The Hall–Kier alpha value is -2.98. The molecule has 0 spiro atoms. The largest absolute Gasteiger partial charge is 0.497 e. The highest BCUT2D eigenvalue weighted by Gasteiger charge is 2.15. The SMILES string of the molecule is COc1cc(OC)cc(C(=O)Nc2nc(-c3cc([N+](=O)[O-])cs3)cs2)c1. The zero-order chi connectivity index (χ0) is 18.7. The molecule has 1 N–H and O–H groups in total. The highest BCUT2D eigenvalue weighted by Crippen LogP contribution is 2.33. The van der Waals surface area contributed by atoms with E-state index in [1.807, 2.05) is 0 Å². The normalized spacial score (nSPS) is 10.4. The van der Waals surface area contributed by atoms with Crippen molar-refractivity contribution < 1.29 is 19.2 Å². The number of hydrogen-bond donors (Lipinski definition) is 1. The highest BCUT2D eigenvalue weighted by molar-refractivity contribution is 7.16. The molecule has 0 radical (unpaired) electrons. The molecule has 0 fully saturated rings. The maximum Gasteiger partial charge on any atom is 0.280 e. The van der Waals surface area contributed by atoms with Crippen molar-refractivity contribution in [2.45, 2.75) is 0 Å². The number of thiazole rings is 1. The summed E-state index contributed by atoms with van der Waals surface area (Å²) in [6.45, 7) is 0. The summed E-state index contributed by atoms with van der Waals surface area (Å²) < 4.78 is 10.3. The van der Waals surface area contributed by atoms with Gasteiger partial charge < -0.3 is 9.47 Å². The van der Waals surface area contributed by atoms with Gasteiger partial charge in [-0.3, -0.25) is 20.2 Å². The predicted octanol–water partition coefficient (Wildman–Crippen LogP) is 4.05. The molecule has 0 saturated carbocycles. The molecular weight excluding hydrogens is 378 g/mol. The lowest BCUT2D eigenvalue weighted by Crippen LogP contribution is -2.12. The average Bonchev–Trinajstić information content (AvgIpc) is 3.30. The van der Waals surface area contributed by atoms with Crippen molar-refractivity contribution in [1.82, 2.24) is 4.98 Å². The first-order chi connectivity index (χ1) is 12.5. The standard InChI is InChI=1S/C16H13N3O5S2/c1-23-11-3-9(4-12(6-11)24-2)15(20)18-16-17-13(8-26-16)14-5-10(7-25-14)19(21)22/h3-8H,1-2H3,(H,17,18,20). The lowest BCUT2D eigenvalue weighted by molar-refractivity contribution is -0.384. The minimum Gasteiger partial charge on any atom is -0.497 e. The molecule has 0 bridgehead atoms. The van der Waals surface area contributed by atoms with Crippen LogP contribution in [0.25, 0.3) is 10.6 Å². The van der Waals surface area contributed by atoms with Crippen molar-refractivity contribution in [3.63, 3.8) is 0 Å². The van der Waals surface area contributed by atoms with Crippen LogP contribution in [0.3, 0.4) is 0 Å². The molecule has 134 valence electrons. The van der Waals surface area contributed by atoms with Crippen LogP contribution in [0.1, 0.15) is 10.4 Å². The number of anilines is 1. The van der Waals surface area contributed by atoms with Crippen molar-refractivity contribution >= 4 is 39.4 Å². The molecular formula is C16H13N3O5S2. The fourth-order valence-electron chi connectivity index (χ4n) is 2.11. The smallest absolute Gasteiger partial charge is 0.280 e. The Bertz CT molecular complexity index is 944. The number of amides is 1. The molecule has 10 heteroatoms. The van der Waals surface area contributed by atoms with Crippen LogP contribution in [0.2, 0.25) is 0 Å². The quantitative estimate of drug-likeness (QED) is 0.502. The summed E-state index contributed by atoms with van der Waals surface area (Å²) in [5.41, 5.74) is 0.961. The van der Waals surface area contributed by atoms with Crippen LogP contribution >= 0.6 is 22.7 Å². The number of aromatic nitrogens is 1. The van der Waals surface area contributed by atoms with Gasteiger partial charge in [0, 0.05) is 23.1 Å². The van der Waals surface area contributed by atoms with Crippen molar-refractivity contribution in [2.75, 3.05) is 19.5 Å². The van der Waals surface area contributed by atoms with Gasteiger partial charge in [-0.1, -0.05) is 0 Å². The van der Waals surface area contributed by atoms with Gasteiger partial charge in [0.15, 0.2) is 5.13 Å². The summed E-state index contributed by atoms with van der Waals surface area (Å²) in [7, 11) is 3.01. The summed E-state index contributed by atoms with van der Waals surface area (Å²) in [5.74, 6) is 0.640. The molecule has 0 atom stereocenters. The van der Waals surface area contributed by atoms with Crippen LogP contribution in [-0.2, 0) is 0 Å². The van der Waals surface area contributed by atoms with Crippen LogP contribution in [-0.4, -0.2) is 30.0 Å². The first kappa shape index (κ1) is 17.8. The first-order valence-corrected chi connectivity index (χ1v) is 8.99. The number of carbonyl (C=O) groups excluding carboxylic acids is 1. The van der Waals surface area contributed by atoms with E-state index >= 15 is 0 Å². The minimum atomic E-state index is -0.453. The third-order valence-corrected chi connectivity index (χ3v) is 5.09. The molecule has 0 aliphatic heterocycles. The van der Waals surface area contributed by atoms with Crippen LogP contribution in [0.4, 0.5) is 10.8 Å². The summed E-state index contributed by atoms with van der Waals surface area (Å²) in [5, 5.41) is 17.1. The minimum absolute atomic E-state index is 0.0204. The molecule has 1 amide bonds. The van der Waals surface area contributed by atoms with E-state index in [9.17, 15) is 14.9 Å². The summed E-state index contributed by atoms with van der Waals surface area (Å²) >= 11 is 2.46.